The summed E-state index contributed by atoms with van der Waals surface area (Å²) < 4.78 is 0. The number of hydrogen-bond donors (Lipinski definition) is 3. The fourth-order valence-electron chi connectivity index (χ4n) is 4.94. The quantitative estimate of drug-likeness (QED) is 0.188. The van der Waals surface area contributed by atoms with E-state index in [4.69, 9.17) is 0 Å². The average molecular weight is 533 g/mol. The third-order valence-corrected chi connectivity index (χ3v) is 7.11. The van der Waals surface area contributed by atoms with Gasteiger partial charge in [0.2, 0.25) is 0 Å². The van der Waals surface area contributed by atoms with Gasteiger partial charge in [0.25, 0.3) is 5.91 Å². The number of phenols is 3. The van der Waals surface area contributed by atoms with Gasteiger partial charge in [-0.15, -0.1) is 0 Å². The molecule has 0 unspecified atom stereocenters. The van der Waals surface area contributed by atoms with E-state index in [0.29, 0.717) is 29.2 Å². The minimum atomic E-state index is -0.288. The second-order valence-corrected chi connectivity index (χ2v) is 10.7. The normalized spacial score (nSPS) is 13.7. The van der Waals surface area contributed by atoms with Crippen LogP contribution in [0, 0.1) is 0 Å². The molecule has 0 saturated carbocycles. The van der Waals surface area contributed by atoms with Crippen molar-refractivity contribution in [2.75, 3.05) is 22.9 Å². The molecule has 0 bridgehead atoms. The predicted molar refractivity (Wildman–Crippen MR) is 161 cm³/mol. The Morgan fingerprint density at radius 2 is 1.51 bits per heavy atom. The van der Waals surface area contributed by atoms with Crippen LogP contribution in [0.5, 0.6) is 17.2 Å². The monoisotopic (exact) mass is 532 g/mol. The number of aromatic hydroxyl groups is 3. The molecule has 2 aromatic carbocycles. The molecule has 39 heavy (non-hydrogen) atoms. The van der Waals surface area contributed by atoms with Gasteiger partial charge in [-0.05, 0) is 71.9 Å². The highest BCUT2D eigenvalue weighted by Gasteiger charge is 2.34. The highest BCUT2D eigenvalue weighted by molar-refractivity contribution is 6.15. The molecule has 2 aromatic rings. The molecule has 0 atom stereocenters. The zero-order valence-electron chi connectivity index (χ0n) is 24.1. The molecule has 0 aromatic heterocycles. The largest absolute Gasteiger partial charge is 0.508 e. The molecule has 0 spiro atoms. The van der Waals surface area contributed by atoms with E-state index in [0.717, 1.165) is 50.5 Å². The van der Waals surface area contributed by atoms with Crippen molar-refractivity contribution in [3.05, 3.63) is 70.8 Å². The van der Waals surface area contributed by atoms with Gasteiger partial charge in [-0.1, -0.05) is 60.8 Å². The number of amides is 1. The Morgan fingerprint density at radius 1 is 0.821 bits per heavy atom. The predicted octanol–water partition coefficient (Wildman–Crippen LogP) is 8.51. The van der Waals surface area contributed by atoms with Gasteiger partial charge in [0.1, 0.15) is 22.9 Å². The second-order valence-electron chi connectivity index (χ2n) is 10.7. The first-order valence-electron chi connectivity index (χ1n) is 14.1. The molecule has 1 heterocycles. The Labute approximate surface area is 233 Å². The fraction of sp³-hybridized carbons (Fsp3) is 0.424. The number of fused-ring (bicyclic) bond motifs is 2. The van der Waals surface area contributed by atoms with E-state index in [-0.39, 0.29) is 29.7 Å². The lowest BCUT2D eigenvalue weighted by atomic mass is 10.1. The molecule has 3 N–H and O–H groups in total. The number of rotatable bonds is 12. The van der Waals surface area contributed by atoms with E-state index in [1.165, 1.54) is 23.3 Å². The van der Waals surface area contributed by atoms with Gasteiger partial charge in [-0.3, -0.25) is 4.79 Å². The van der Waals surface area contributed by atoms with E-state index < -0.39 is 0 Å². The first kappa shape index (κ1) is 29.9. The van der Waals surface area contributed by atoms with Crippen LogP contribution < -0.4 is 9.80 Å². The molecular formula is C33H44N2O4. The molecule has 0 aliphatic carbocycles. The SMILES string of the molecule is CCCCCN1c2c(O)cccc2C(=O)N(CC=C(C)CCC=C(C)CCC=C(C)C)c2cc(O)cc(O)c21. The summed E-state index contributed by atoms with van der Waals surface area (Å²) in [6.45, 7) is 11.4. The van der Waals surface area contributed by atoms with Gasteiger partial charge in [0, 0.05) is 25.2 Å². The van der Waals surface area contributed by atoms with Crippen molar-refractivity contribution in [2.24, 2.45) is 0 Å². The number of para-hydroxylation sites is 1. The number of nitrogens with zero attached hydrogens (tertiary/aromatic N) is 2. The van der Waals surface area contributed by atoms with Crippen molar-refractivity contribution >= 4 is 23.0 Å². The molecular weight excluding hydrogens is 488 g/mol. The van der Waals surface area contributed by atoms with Crippen LogP contribution in [0.15, 0.2) is 65.3 Å². The van der Waals surface area contributed by atoms with Crippen molar-refractivity contribution in [2.45, 2.75) is 79.6 Å². The van der Waals surface area contributed by atoms with Crippen LogP contribution in [0.1, 0.15) is 89.9 Å². The second kappa shape index (κ2) is 13.9. The first-order valence-corrected chi connectivity index (χ1v) is 14.1. The zero-order chi connectivity index (χ0) is 28.5. The Morgan fingerprint density at radius 3 is 2.21 bits per heavy atom. The Hall–Kier alpha value is -3.67. The average Bonchev–Trinajstić information content (AvgIpc) is 2.96. The van der Waals surface area contributed by atoms with Crippen molar-refractivity contribution in [3.8, 4) is 17.2 Å². The number of phenolic OH excluding ortho intramolecular Hbond substituents is 3. The summed E-state index contributed by atoms with van der Waals surface area (Å²) in [7, 11) is 0. The summed E-state index contributed by atoms with van der Waals surface area (Å²) in [5.74, 6) is -0.563. The van der Waals surface area contributed by atoms with Gasteiger partial charge in [-0.2, -0.15) is 0 Å². The third-order valence-electron chi connectivity index (χ3n) is 7.11. The fourth-order valence-corrected chi connectivity index (χ4v) is 4.94. The van der Waals surface area contributed by atoms with E-state index in [2.05, 4.69) is 46.8 Å². The minimum Gasteiger partial charge on any atom is -0.508 e. The number of anilines is 3. The third kappa shape index (κ3) is 7.69. The molecule has 3 rings (SSSR count). The van der Waals surface area contributed by atoms with E-state index in [9.17, 15) is 20.1 Å². The maximum Gasteiger partial charge on any atom is 0.260 e. The number of carbonyl (C=O) groups excluding carboxylic acids is 1. The van der Waals surface area contributed by atoms with Gasteiger partial charge in [-0.25, -0.2) is 0 Å². The summed E-state index contributed by atoms with van der Waals surface area (Å²) in [4.78, 5) is 17.3. The van der Waals surface area contributed by atoms with Gasteiger partial charge in [0.15, 0.2) is 0 Å². The Bertz CT molecular complexity index is 1250. The maximum absolute atomic E-state index is 13.9. The van der Waals surface area contributed by atoms with Crippen molar-refractivity contribution in [1.82, 2.24) is 0 Å². The van der Waals surface area contributed by atoms with Crippen LogP contribution >= 0.6 is 0 Å². The topological polar surface area (TPSA) is 84.2 Å². The molecule has 6 nitrogen and oxygen atoms in total. The van der Waals surface area contributed by atoms with Crippen LogP contribution in [-0.4, -0.2) is 34.3 Å². The summed E-state index contributed by atoms with van der Waals surface area (Å²) in [5, 5.41) is 32.2. The van der Waals surface area contributed by atoms with Crippen molar-refractivity contribution in [1.29, 1.82) is 0 Å². The van der Waals surface area contributed by atoms with Crippen LogP contribution in [0.3, 0.4) is 0 Å². The summed E-state index contributed by atoms with van der Waals surface area (Å²) in [6.07, 6.45) is 13.3. The molecule has 210 valence electrons. The lowest BCUT2D eigenvalue weighted by Crippen LogP contribution is -2.30. The highest BCUT2D eigenvalue weighted by atomic mass is 16.3. The summed E-state index contributed by atoms with van der Waals surface area (Å²) in [5.41, 5.74) is 5.46. The number of unbranched alkanes of at least 4 members (excludes halogenated alkanes) is 2. The van der Waals surface area contributed by atoms with Gasteiger partial charge >= 0.3 is 0 Å². The van der Waals surface area contributed by atoms with E-state index in [1.54, 1.807) is 23.1 Å². The highest BCUT2D eigenvalue weighted by Crippen LogP contribution is 2.50. The van der Waals surface area contributed by atoms with Gasteiger partial charge in [0.05, 0.1) is 16.9 Å². The Balaban J connectivity index is 1.92. The molecule has 6 heteroatoms. The standard InChI is InChI=1S/C33H44N2O4/c1-6-7-8-19-35-31-27(16-11-17-29(31)37)33(39)34(28-21-26(36)22-30(38)32(28)35)20-18-25(5)15-10-14-24(4)13-9-12-23(2)3/h11-12,14,16-18,21-22,36-38H,6-10,13,15,19-20H2,1-5H3. The number of carbonyl (C=O) groups is 1. The molecule has 0 saturated heterocycles. The van der Waals surface area contributed by atoms with E-state index in [1.807, 2.05) is 11.0 Å². The first-order chi connectivity index (χ1) is 18.6. The maximum atomic E-state index is 13.9. The van der Waals surface area contributed by atoms with Crippen LogP contribution in [0.4, 0.5) is 17.1 Å². The van der Waals surface area contributed by atoms with Crippen LogP contribution in [0.25, 0.3) is 0 Å². The number of allylic oxidation sites excluding steroid dienone is 5. The summed E-state index contributed by atoms with van der Waals surface area (Å²) >= 11 is 0. The lowest BCUT2D eigenvalue weighted by Gasteiger charge is -2.28. The molecule has 1 aliphatic rings. The van der Waals surface area contributed by atoms with Crippen molar-refractivity contribution in [3.63, 3.8) is 0 Å². The van der Waals surface area contributed by atoms with E-state index >= 15 is 0 Å². The number of hydrogen-bond acceptors (Lipinski definition) is 5. The zero-order valence-corrected chi connectivity index (χ0v) is 24.1. The molecule has 0 fully saturated rings. The van der Waals surface area contributed by atoms with Gasteiger partial charge < -0.3 is 25.1 Å². The Kier molecular flexibility index (Phi) is 10.7. The van der Waals surface area contributed by atoms with Crippen molar-refractivity contribution < 1.29 is 20.1 Å². The molecule has 1 aliphatic heterocycles. The molecule has 1 amide bonds. The number of benzene rings is 2. The molecule has 0 radical (unpaired) electrons. The smallest absolute Gasteiger partial charge is 0.260 e. The lowest BCUT2D eigenvalue weighted by molar-refractivity contribution is 0.0990. The summed E-state index contributed by atoms with van der Waals surface area (Å²) in [6, 6.07) is 7.73. The minimum absolute atomic E-state index is 0.0175. The van der Waals surface area contributed by atoms with Crippen LogP contribution in [-0.2, 0) is 0 Å². The van der Waals surface area contributed by atoms with Crippen LogP contribution in [0.2, 0.25) is 0 Å².